The summed E-state index contributed by atoms with van der Waals surface area (Å²) in [6, 6.07) is 15.0. The van der Waals surface area contributed by atoms with Crippen molar-refractivity contribution in [3.05, 3.63) is 64.1 Å². The number of ether oxygens (including phenoxy) is 1. The Balaban J connectivity index is 2.17. The molecule has 0 saturated carbocycles. The first-order valence-corrected chi connectivity index (χ1v) is 8.32. The van der Waals surface area contributed by atoms with Gasteiger partial charge in [0.1, 0.15) is 12.4 Å². The number of carbonyl (C=O) groups is 1. The maximum Gasteiger partial charge on any atom is 0.257 e. The standard InChI is InChI=1S/C18H20BrNO3/c1-2-20(11-12-21)18(22)15-8-4-6-10-17(15)23-13-14-7-3-5-9-16(14)19/h3-10,21H,2,11-13H2,1H3. The molecule has 0 unspecified atom stereocenters. The van der Waals surface area contributed by atoms with Crippen LogP contribution >= 0.6 is 15.9 Å². The number of hydrogen-bond donors (Lipinski definition) is 1. The Hall–Kier alpha value is -1.85. The lowest BCUT2D eigenvalue weighted by Crippen LogP contribution is -2.33. The van der Waals surface area contributed by atoms with E-state index < -0.39 is 0 Å². The quantitative estimate of drug-likeness (QED) is 0.803. The van der Waals surface area contributed by atoms with E-state index in [4.69, 9.17) is 9.84 Å². The number of carbonyl (C=O) groups excluding carboxylic acids is 1. The van der Waals surface area contributed by atoms with Crippen molar-refractivity contribution >= 4 is 21.8 Å². The van der Waals surface area contributed by atoms with Gasteiger partial charge < -0.3 is 14.7 Å². The van der Waals surface area contributed by atoms with Gasteiger partial charge >= 0.3 is 0 Å². The molecule has 0 fully saturated rings. The molecule has 0 heterocycles. The van der Waals surface area contributed by atoms with E-state index in [9.17, 15) is 4.79 Å². The Morgan fingerprint density at radius 1 is 1.17 bits per heavy atom. The molecule has 2 aromatic carbocycles. The molecule has 1 amide bonds. The zero-order valence-electron chi connectivity index (χ0n) is 13.0. The van der Waals surface area contributed by atoms with Crippen molar-refractivity contribution in [1.82, 2.24) is 4.90 Å². The summed E-state index contributed by atoms with van der Waals surface area (Å²) in [6.45, 7) is 3.06. The van der Waals surface area contributed by atoms with Gasteiger partial charge in [-0.15, -0.1) is 0 Å². The summed E-state index contributed by atoms with van der Waals surface area (Å²) in [7, 11) is 0. The maximum absolute atomic E-state index is 12.6. The highest BCUT2D eigenvalue weighted by Gasteiger charge is 2.18. The van der Waals surface area contributed by atoms with Crippen LogP contribution in [0.5, 0.6) is 5.75 Å². The van der Waals surface area contributed by atoms with Crippen molar-refractivity contribution in [3.8, 4) is 5.75 Å². The van der Waals surface area contributed by atoms with Gasteiger partial charge in [0.05, 0.1) is 12.2 Å². The van der Waals surface area contributed by atoms with Gasteiger partial charge in [0, 0.05) is 23.1 Å². The van der Waals surface area contributed by atoms with Gasteiger partial charge in [0.2, 0.25) is 0 Å². The second kappa shape index (κ2) is 8.70. The number of nitrogens with zero attached hydrogens (tertiary/aromatic N) is 1. The number of aliphatic hydroxyl groups is 1. The topological polar surface area (TPSA) is 49.8 Å². The summed E-state index contributed by atoms with van der Waals surface area (Å²) in [5.41, 5.74) is 1.52. The first-order valence-electron chi connectivity index (χ1n) is 7.52. The van der Waals surface area contributed by atoms with Crippen LogP contribution in [0.4, 0.5) is 0 Å². The van der Waals surface area contributed by atoms with E-state index >= 15 is 0 Å². The molecule has 2 rings (SSSR count). The van der Waals surface area contributed by atoms with Crippen LogP contribution < -0.4 is 4.74 Å². The minimum atomic E-state index is -0.135. The van der Waals surface area contributed by atoms with Crippen molar-refractivity contribution in [2.24, 2.45) is 0 Å². The fourth-order valence-corrected chi connectivity index (χ4v) is 2.63. The summed E-state index contributed by atoms with van der Waals surface area (Å²) in [6.07, 6.45) is 0. The van der Waals surface area contributed by atoms with E-state index in [0.29, 0.717) is 31.0 Å². The van der Waals surface area contributed by atoms with Crippen molar-refractivity contribution < 1.29 is 14.6 Å². The molecule has 0 bridgehead atoms. The number of hydrogen-bond acceptors (Lipinski definition) is 3. The first kappa shape index (κ1) is 17.5. The first-order chi connectivity index (χ1) is 11.2. The molecule has 0 aromatic heterocycles. The van der Waals surface area contributed by atoms with Gasteiger partial charge in [0.15, 0.2) is 0 Å². The number of benzene rings is 2. The van der Waals surface area contributed by atoms with Gasteiger partial charge in [0.25, 0.3) is 5.91 Å². The average molecular weight is 378 g/mol. The van der Waals surface area contributed by atoms with Crippen LogP contribution in [-0.2, 0) is 6.61 Å². The van der Waals surface area contributed by atoms with E-state index in [0.717, 1.165) is 10.0 Å². The summed E-state index contributed by atoms with van der Waals surface area (Å²) >= 11 is 3.49. The van der Waals surface area contributed by atoms with Crippen molar-refractivity contribution in [2.75, 3.05) is 19.7 Å². The molecular weight excluding hydrogens is 358 g/mol. The van der Waals surface area contributed by atoms with Gasteiger partial charge in [-0.25, -0.2) is 0 Å². The van der Waals surface area contributed by atoms with Gasteiger partial charge in [-0.1, -0.05) is 46.3 Å². The second-order valence-electron chi connectivity index (χ2n) is 4.98. The molecule has 1 N–H and O–H groups in total. The van der Waals surface area contributed by atoms with Crippen molar-refractivity contribution in [1.29, 1.82) is 0 Å². The van der Waals surface area contributed by atoms with Gasteiger partial charge in [-0.05, 0) is 25.1 Å². The van der Waals surface area contributed by atoms with E-state index in [2.05, 4.69) is 15.9 Å². The minimum absolute atomic E-state index is 0.0560. The number of halogens is 1. The largest absolute Gasteiger partial charge is 0.488 e. The number of amides is 1. The Morgan fingerprint density at radius 2 is 1.87 bits per heavy atom. The molecule has 122 valence electrons. The molecule has 0 saturated heterocycles. The van der Waals surface area contributed by atoms with Crippen LogP contribution in [0.15, 0.2) is 53.0 Å². The third kappa shape index (κ3) is 4.56. The maximum atomic E-state index is 12.6. The molecular formula is C18H20BrNO3. The fraction of sp³-hybridized carbons (Fsp3) is 0.278. The molecule has 0 radical (unpaired) electrons. The molecule has 0 spiro atoms. The lowest BCUT2D eigenvalue weighted by atomic mass is 10.1. The molecule has 0 aliphatic heterocycles. The molecule has 0 atom stereocenters. The van der Waals surface area contributed by atoms with Crippen LogP contribution in [0.25, 0.3) is 0 Å². The highest BCUT2D eigenvalue weighted by atomic mass is 79.9. The number of para-hydroxylation sites is 1. The zero-order chi connectivity index (χ0) is 16.7. The van der Waals surface area contributed by atoms with Crippen molar-refractivity contribution in [2.45, 2.75) is 13.5 Å². The minimum Gasteiger partial charge on any atom is -0.488 e. The summed E-state index contributed by atoms with van der Waals surface area (Å²) < 4.78 is 6.83. The van der Waals surface area contributed by atoms with Crippen LogP contribution in [0.3, 0.4) is 0 Å². The van der Waals surface area contributed by atoms with Gasteiger partial charge in [-0.3, -0.25) is 4.79 Å². The highest BCUT2D eigenvalue weighted by Crippen LogP contribution is 2.23. The summed E-state index contributed by atoms with van der Waals surface area (Å²) in [4.78, 5) is 14.2. The lowest BCUT2D eigenvalue weighted by molar-refractivity contribution is 0.0727. The molecule has 4 nitrogen and oxygen atoms in total. The van der Waals surface area contributed by atoms with Crippen molar-refractivity contribution in [3.63, 3.8) is 0 Å². The van der Waals surface area contributed by atoms with Crippen LogP contribution in [0, 0.1) is 0 Å². The molecule has 2 aromatic rings. The number of aliphatic hydroxyl groups excluding tert-OH is 1. The predicted molar refractivity (Wildman–Crippen MR) is 93.6 cm³/mol. The number of likely N-dealkylation sites (N-methyl/N-ethyl adjacent to an activating group) is 1. The molecule has 0 aliphatic rings. The highest BCUT2D eigenvalue weighted by molar-refractivity contribution is 9.10. The second-order valence-corrected chi connectivity index (χ2v) is 5.84. The van der Waals surface area contributed by atoms with Gasteiger partial charge in [-0.2, -0.15) is 0 Å². The van der Waals surface area contributed by atoms with E-state index in [-0.39, 0.29) is 12.5 Å². The predicted octanol–water partition coefficient (Wildman–Crippen LogP) is 3.48. The normalized spacial score (nSPS) is 10.4. The zero-order valence-corrected chi connectivity index (χ0v) is 14.6. The Bertz CT molecular complexity index is 660. The monoisotopic (exact) mass is 377 g/mol. The van der Waals surface area contributed by atoms with E-state index in [1.54, 1.807) is 17.0 Å². The lowest BCUT2D eigenvalue weighted by Gasteiger charge is -2.21. The average Bonchev–Trinajstić information content (AvgIpc) is 2.58. The van der Waals surface area contributed by atoms with E-state index in [1.165, 1.54) is 0 Å². The molecule has 5 heteroatoms. The molecule has 23 heavy (non-hydrogen) atoms. The third-order valence-corrected chi connectivity index (χ3v) is 4.27. The van der Waals surface area contributed by atoms with Crippen LogP contribution in [-0.4, -0.2) is 35.6 Å². The molecule has 0 aliphatic carbocycles. The SMILES string of the molecule is CCN(CCO)C(=O)c1ccccc1OCc1ccccc1Br. The third-order valence-electron chi connectivity index (χ3n) is 3.50. The van der Waals surface area contributed by atoms with E-state index in [1.807, 2.05) is 43.3 Å². The van der Waals surface area contributed by atoms with Crippen LogP contribution in [0.2, 0.25) is 0 Å². The summed E-state index contributed by atoms with van der Waals surface area (Å²) in [5, 5.41) is 9.09. The Kier molecular flexibility index (Phi) is 6.62. The smallest absolute Gasteiger partial charge is 0.257 e. The summed E-state index contributed by atoms with van der Waals surface area (Å²) in [5.74, 6) is 0.411. The fourth-order valence-electron chi connectivity index (χ4n) is 2.23. The number of rotatable bonds is 7. The Labute approximate surface area is 144 Å². The Morgan fingerprint density at radius 3 is 2.57 bits per heavy atom. The van der Waals surface area contributed by atoms with Crippen LogP contribution in [0.1, 0.15) is 22.8 Å².